The van der Waals surface area contributed by atoms with Crippen LogP contribution in [0.1, 0.15) is 19.8 Å². The Hall–Kier alpha value is -2.14. The van der Waals surface area contributed by atoms with Crippen molar-refractivity contribution in [2.24, 2.45) is 0 Å². The van der Waals surface area contributed by atoms with E-state index in [0.717, 1.165) is 39.0 Å². The number of aromatic nitrogens is 2. The first-order valence-corrected chi connectivity index (χ1v) is 8.01. The van der Waals surface area contributed by atoms with E-state index >= 15 is 0 Å². The Morgan fingerprint density at radius 1 is 1.27 bits per heavy atom. The van der Waals surface area contributed by atoms with E-state index < -0.39 is 0 Å². The topological polar surface area (TPSA) is 57.8 Å². The molecule has 1 heterocycles. The Kier molecular flexibility index (Phi) is 4.24. The Morgan fingerprint density at radius 3 is 2.86 bits per heavy atom. The molecule has 0 aliphatic carbocycles. The molecule has 0 bridgehead atoms. The van der Waals surface area contributed by atoms with E-state index in [4.69, 9.17) is 0 Å². The van der Waals surface area contributed by atoms with Gasteiger partial charge in [0.1, 0.15) is 5.82 Å². The van der Waals surface area contributed by atoms with Crippen LogP contribution in [0.15, 0.2) is 46.9 Å². The molecule has 0 aliphatic heterocycles. The van der Waals surface area contributed by atoms with Crippen LogP contribution in [0.2, 0.25) is 0 Å². The van der Waals surface area contributed by atoms with Crippen LogP contribution in [-0.4, -0.2) is 15.9 Å². The Morgan fingerprint density at radius 2 is 2.09 bits per heavy atom. The summed E-state index contributed by atoms with van der Waals surface area (Å²) in [5.74, 6) is 0.840. The van der Waals surface area contributed by atoms with Crippen molar-refractivity contribution >= 4 is 38.6 Å². The largest absolute Gasteiger partial charge is 0.338 e. The van der Waals surface area contributed by atoms with E-state index in [1.807, 2.05) is 49.4 Å². The normalized spacial score (nSPS) is 10.8. The molecule has 1 aromatic heterocycles. The molecule has 2 aromatic carbocycles. The lowest BCUT2D eigenvalue weighted by atomic mass is 10.2. The number of imidazole rings is 1. The van der Waals surface area contributed by atoms with Gasteiger partial charge in [-0.05, 0) is 30.7 Å². The number of H-pyrrole nitrogens is 1. The first kappa shape index (κ1) is 14.8. The first-order valence-electron chi connectivity index (χ1n) is 7.22. The highest BCUT2D eigenvalue weighted by Gasteiger charge is 2.09. The predicted molar refractivity (Wildman–Crippen MR) is 92.8 cm³/mol. The molecule has 0 fully saturated rings. The summed E-state index contributed by atoms with van der Waals surface area (Å²) in [6, 6.07) is 13.6. The number of benzene rings is 2. The van der Waals surface area contributed by atoms with Gasteiger partial charge in [-0.3, -0.25) is 4.79 Å². The van der Waals surface area contributed by atoms with Gasteiger partial charge >= 0.3 is 0 Å². The van der Waals surface area contributed by atoms with E-state index in [2.05, 4.69) is 31.2 Å². The highest BCUT2D eigenvalue weighted by Crippen LogP contribution is 2.28. The van der Waals surface area contributed by atoms with Crippen LogP contribution in [0.25, 0.3) is 22.4 Å². The number of carbonyl (C=O) groups excluding carboxylic acids is 1. The lowest BCUT2D eigenvalue weighted by molar-refractivity contribution is -0.116. The van der Waals surface area contributed by atoms with Crippen LogP contribution < -0.4 is 5.32 Å². The monoisotopic (exact) mass is 357 g/mol. The van der Waals surface area contributed by atoms with Crippen molar-refractivity contribution in [1.29, 1.82) is 0 Å². The number of aromatic amines is 1. The summed E-state index contributed by atoms with van der Waals surface area (Å²) < 4.78 is 0.991. The molecule has 3 aromatic rings. The van der Waals surface area contributed by atoms with Crippen molar-refractivity contribution < 1.29 is 4.79 Å². The Bertz CT molecular complexity index is 826. The fourth-order valence-electron chi connectivity index (χ4n) is 2.32. The van der Waals surface area contributed by atoms with Gasteiger partial charge in [-0.1, -0.05) is 41.1 Å². The van der Waals surface area contributed by atoms with E-state index in [1.165, 1.54) is 0 Å². The van der Waals surface area contributed by atoms with Gasteiger partial charge in [0.05, 0.1) is 11.0 Å². The molecule has 0 atom stereocenters. The summed E-state index contributed by atoms with van der Waals surface area (Å²) >= 11 is 3.54. The summed E-state index contributed by atoms with van der Waals surface area (Å²) in [5, 5.41) is 2.90. The minimum Gasteiger partial charge on any atom is -0.338 e. The van der Waals surface area contributed by atoms with Gasteiger partial charge in [0.25, 0.3) is 0 Å². The van der Waals surface area contributed by atoms with E-state index in [0.29, 0.717) is 6.42 Å². The number of hydrogen-bond donors (Lipinski definition) is 2. The number of anilines is 1. The van der Waals surface area contributed by atoms with Crippen molar-refractivity contribution in [1.82, 2.24) is 9.97 Å². The second-order valence-electron chi connectivity index (χ2n) is 5.10. The van der Waals surface area contributed by atoms with E-state index in [1.54, 1.807) is 0 Å². The molecule has 112 valence electrons. The average Bonchev–Trinajstić information content (AvgIpc) is 2.90. The molecule has 22 heavy (non-hydrogen) atoms. The molecular weight excluding hydrogens is 342 g/mol. The fourth-order valence-corrected chi connectivity index (χ4v) is 2.79. The molecule has 1 amide bonds. The number of amides is 1. The number of rotatable bonds is 4. The van der Waals surface area contributed by atoms with E-state index in [-0.39, 0.29) is 5.91 Å². The van der Waals surface area contributed by atoms with Gasteiger partial charge < -0.3 is 10.3 Å². The summed E-state index contributed by atoms with van der Waals surface area (Å²) in [4.78, 5) is 19.6. The second kappa shape index (κ2) is 6.32. The third-order valence-corrected chi connectivity index (χ3v) is 4.06. The van der Waals surface area contributed by atoms with Crippen LogP contribution in [0.5, 0.6) is 0 Å². The van der Waals surface area contributed by atoms with Crippen molar-refractivity contribution in [2.45, 2.75) is 19.8 Å². The SMILES string of the molecule is CCCC(=O)Nc1ccc2nc(-c3ccccc3Br)[nH]c2c1. The quantitative estimate of drug-likeness (QED) is 0.708. The smallest absolute Gasteiger partial charge is 0.224 e. The minimum absolute atomic E-state index is 0.0346. The molecule has 0 spiro atoms. The highest BCUT2D eigenvalue weighted by molar-refractivity contribution is 9.10. The van der Waals surface area contributed by atoms with Crippen molar-refractivity contribution in [3.8, 4) is 11.4 Å². The highest BCUT2D eigenvalue weighted by atomic mass is 79.9. The molecule has 3 rings (SSSR count). The lowest BCUT2D eigenvalue weighted by Crippen LogP contribution is -2.10. The van der Waals surface area contributed by atoms with Gasteiger partial charge in [-0.2, -0.15) is 0 Å². The lowest BCUT2D eigenvalue weighted by Gasteiger charge is -2.03. The summed E-state index contributed by atoms with van der Waals surface area (Å²) in [6.07, 6.45) is 1.37. The molecular formula is C17H16BrN3O. The van der Waals surface area contributed by atoms with Crippen LogP contribution in [-0.2, 0) is 4.79 Å². The Labute approximate surface area is 137 Å². The van der Waals surface area contributed by atoms with Gasteiger partial charge in [0, 0.05) is 22.1 Å². The number of carbonyl (C=O) groups is 1. The average molecular weight is 358 g/mol. The maximum atomic E-state index is 11.7. The van der Waals surface area contributed by atoms with Crippen LogP contribution in [0.3, 0.4) is 0 Å². The maximum absolute atomic E-state index is 11.7. The zero-order chi connectivity index (χ0) is 15.5. The number of nitrogens with zero attached hydrogens (tertiary/aromatic N) is 1. The predicted octanol–water partition coefficient (Wildman–Crippen LogP) is 4.73. The number of fused-ring (bicyclic) bond motifs is 1. The standard InChI is InChI=1S/C17H16BrN3O/c1-2-5-16(22)19-11-8-9-14-15(10-11)21-17(20-14)12-6-3-4-7-13(12)18/h3-4,6-10H,2,5H2,1H3,(H,19,22)(H,20,21). The summed E-state index contributed by atoms with van der Waals surface area (Å²) in [5.41, 5.74) is 3.57. The third kappa shape index (κ3) is 3.04. The Balaban J connectivity index is 1.94. The van der Waals surface area contributed by atoms with Gasteiger partial charge in [-0.25, -0.2) is 4.98 Å². The molecule has 0 radical (unpaired) electrons. The number of nitrogens with one attached hydrogen (secondary N) is 2. The molecule has 0 saturated heterocycles. The molecule has 0 unspecified atom stereocenters. The molecule has 5 heteroatoms. The second-order valence-corrected chi connectivity index (χ2v) is 5.95. The number of hydrogen-bond acceptors (Lipinski definition) is 2. The van der Waals surface area contributed by atoms with Crippen LogP contribution in [0, 0.1) is 0 Å². The van der Waals surface area contributed by atoms with Gasteiger partial charge in [0.2, 0.25) is 5.91 Å². The van der Waals surface area contributed by atoms with Crippen molar-refractivity contribution in [2.75, 3.05) is 5.32 Å². The fraction of sp³-hybridized carbons (Fsp3) is 0.176. The molecule has 0 aliphatic rings. The zero-order valence-electron chi connectivity index (χ0n) is 12.2. The summed E-state index contributed by atoms with van der Waals surface area (Å²) in [7, 11) is 0. The van der Waals surface area contributed by atoms with Crippen LogP contribution >= 0.6 is 15.9 Å². The number of halogens is 1. The molecule has 0 saturated carbocycles. The zero-order valence-corrected chi connectivity index (χ0v) is 13.8. The van der Waals surface area contributed by atoms with Gasteiger partial charge in [-0.15, -0.1) is 0 Å². The molecule has 2 N–H and O–H groups in total. The van der Waals surface area contributed by atoms with Gasteiger partial charge in [0.15, 0.2) is 0 Å². The maximum Gasteiger partial charge on any atom is 0.224 e. The third-order valence-electron chi connectivity index (χ3n) is 3.37. The van der Waals surface area contributed by atoms with Crippen molar-refractivity contribution in [3.63, 3.8) is 0 Å². The first-order chi connectivity index (χ1) is 10.7. The summed E-state index contributed by atoms with van der Waals surface area (Å²) in [6.45, 7) is 1.99. The van der Waals surface area contributed by atoms with Crippen molar-refractivity contribution in [3.05, 3.63) is 46.9 Å². The minimum atomic E-state index is 0.0346. The van der Waals surface area contributed by atoms with E-state index in [9.17, 15) is 4.79 Å². The molecule has 4 nitrogen and oxygen atoms in total. The van der Waals surface area contributed by atoms with Crippen LogP contribution in [0.4, 0.5) is 5.69 Å².